The van der Waals surface area contributed by atoms with Gasteiger partial charge in [-0.15, -0.1) is 0 Å². The molecule has 16 heavy (non-hydrogen) atoms. The van der Waals surface area contributed by atoms with Gasteiger partial charge in [-0.2, -0.15) is 4.31 Å². The SMILES string of the molecule is CC1CCCN1S(=O)(=O)c1c[nH]ccc1=O. The van der Waals surface area contributed by atoms with Crippen LogP contribution in [0.1, 0.15) is 19.8 Å². The third-order valence-corrected chi connectivity index (χ3v) is 4.90. The molecule has 1 fully saturated rings. The lowest BCUT2D eigenvalue weighted by molar-refractivity contribution is 0.407. The van der Waals surface area contributed by atoms with Crippen molar-refractivity contribution in [3.63, 3.8) is 0 Å². The molecule has 1 aliphatic heterocycles. The lowest BCUT2D eigenvalue weighted by atomic mass is 10.3. The van der Waals surface area contributed by atoms with E-state index < -0.39 is 15.5 Å². The maximum absolute atomic E-state index is 12.2. The van der Waals surface area contributed by atoms with Crippen molar-refractivity contribution in [3.8, 4) is 0 Å². The molecule has 1 aliphatic rings. The van der Waals surface area contributed by atoms with E-state index in [0.717, 1.165) is 12.8 Å². The predicted octanol–water partition coefficient (Wildman–Crippen LogP) is 0.548. The van der Waals surface area contributed by atoms with Gasteiger partial charge in [0.1, 0.15) is 4.90 Å². The van der Waals surface area contributed by atoms with Crippen LogP contribution in [0.3, 0.4) is 0 Å². The van der Waals surface area contributed by atoms with Gasteiger partial charge in [-0.1, -0.05) is 0 Å². The molecule has 2 heterocycles. The number of aromatic amines is 1. The number of nitrogens with zero attached hydrogens (tertiary/aromatic N) is 1. The molecule has 0 radical (unpaired) electrons. The summed E-state index contributed by atoms with van der Waals surface area (Å²) >= 11 is 0. The summed E-state index contributed by atoms with van der Waals surface area (Å²) in [5, 5.41) is 0. The van der Waals surface area contributed by atoms with Crippen LogP contribution >= 0.6 is 0 Å². The highest BCUT2D eigenvalue weighted by molar-refractivity contribution is 7.89. The first-order chi connectivity index (χ1) is 7.53. The van der Waals surface area contributed by atoms with Crippen molar-refractivity contribution in [1.29, 1.82) is 0 Å². The minimum absolute atomic E-state index is 0.0235. The van der Waals surface area contributed by atoms with Crippen LogP contribution in [-0.4, -0.2) is 30.3 Å². The van der Waals surface area contributed by atoms with Gasteiger partial charge in [0.25, 0.3) is 0 Å². The van der Waals surface area contributed by atoms with Gasteiger partial charge in [-0.05, 0) is 19.8 Å². The zero-order valence-corrected chi connectivity index (χ0v) is 9.83. The summed E-state index contributed by atoms with van der Waals surface area (Å²) in [5.74, 6) is 0. The van der Waals surface area contributed by atoms with Gasteiger partial charge in [0, 0.05) is 31.0 Å². The number of pyridine rings is 1. The molecule has 0 bridgehead atoms. The molecule has 1 unspecified atom stereocenters. The van der Waals surface area contributed by atoms with E-state index in [4.69, 9.17) is 0 Å². The van der Waals surface area contributed by atoms with Gasteiger partial charge >= 0.3 is 0 Å². The normalized spacial score (nSPS) is 22.4. The van der Waals surface area contributed by atoms with Crippen molar-refractivity contribution in [2.75, 3.05) is 6.54 Å². The molecule has 1 saturated heterocycles. The van der Waals surface area contributed by atoms with Crippen LogP contribution in [0.4, 0.5) is 0 Å². The second kappa shape index (κ2) is 4.03. The molecular formula is C10H14N2O3S. The lowest BCUT2D eigenvalue weighted by Gasteiger charge is -2.20. The van der Waals surface area contributed by atoms with E-state index in [1.807, 2.05) is 6.92 Å². The molecule has 1 aromatic rings. The Labute approximate surface area is 94.2 Å². The smallest absolute Gasteiger partial charge is 0.248 e. The number of hydrogen-bond acceptors (Lipinski definition) is 3. The monoisotopic (exact) mass is 242 g/mol. The number of hydrogen-bond donors (Lipinski definition) is 1. The summed E-state index contributed by atoms with van der Waals surface area (Å²) in [6, 6.07) is 1.21. The molecule has 0 aliphatic carbocycles. The van der Waals surface area contributed by atoms with Gasteiger partial charge in [-0.3, -0.25) is 4.79 Å². The number of H-pyrrole nitrogens is 1. The van der Waals surface area contributed by atoms with E-state index >= 15 is 0 Å². The quantitative estimate of drug-likeness (QED) is 0.823. The fourth-order valence-corrected chi connectivity index (χ4v) is 3.73. The van der Waals surface area contributed by atoms with Gasteiger partial charge in [0.2, 0.25) is 15.5 Å². The first-order valence-electron chi connectivity index (χ1n) is 5.22. The van der Waals surface area contributed by atoms with Crippen molar-refractivity contribution in [2.24, 2.45) is 0 Å². The van der Waals surface area contributed by atoms with Crippen LogP contribution in [0, 0.1) is 0 Å². The Bertz CT molecular complexity index is 535. The first-order valence-corrected chi connectivity index (χ1v) is 6.66. The summed E-state index contributed by atoms with van der Waals surface area (Å²) in [5.41, 5.74) is -0.460. The Morgan fingerprint density at radius 1 is 1.50 bits per heavy atom. The average Bonchev–Trinajstić information content (AvgIpc) is 2.65. The summed E-state index contributed by atoms with van der Waals surface area (Å²) in [6.07, 6.45) is 4.38. The van der Waals surface area contributed by atoms with Crippen LogP contribution in [0.25, 0.3) is 0 Å². The van der Waals surface area contributed by atoms with Crippen LogP contribution in [0.2, 0.25) is 0 Å². The van der Waals surface area contributed by atoms with Gasteiger partial charge in [0.15, 0.2) is 0 Å². The van der Waals surface area contributed by atoms with Crippen LogP contribution < -0.4 is 5.43 Å². The number of rotatable bonds is 2. The average molecular weight is 242 g/mol. The van der Waals surface area contributed by atoms with E-state index in [1.54, 1.807) is 0 Å². The topological polar surface area (TPSA) is 70.2 Å². The molecule has 0 aromatic carbocycles. The van der Waals surface area contributed by atoms with Gasteiger partial charge in [0.05, 0.1) is 0 Å². The van der Waals surface area contributed by atoms with Crippen LogP contribution in [0.15, 0.2) is 28.2 Å². The summed E-state index contributed by atoms with van der Waals surface area (Å²) in [6.45, 7) is 2.36. The van der Waals surface area contributed by atoms with Gasteiger partial charge < -0.3 is 4.98 Å². The maximum atomic E-state index is 12.2. The zero-order valence-electron chi connectivity index (χ0n) is 9.01. The predicted molar refractivity (Wildman–Crippen MR) is 59.7 cm³/mol. The molecule has 0 amide bonds. The molecule has 1 N–H and O–H groups in total. The molecule has 88 valence electrons. The summed E-state index contributed by atoms with van der Waals surface area (Å²) in [7, 11) is -3.63. The van der Waals surface area contributed by atoms with Gasteiger partial charge in [-0.25, -0.2) is 8.42 Å². The number of aromatic nitrogens is 1. The fourth-order valence-electron chi connectivity index (χ4n) is 1.99. The van der Waals surface area contributed by atoms with Crippen molar-refractivity contribution < 1.29 is 8.42 Å². The van der Waals surface area contributed by atoms with Crippen molar-refractivity contribution in [3.05, 3.63) is 28.7 Å². The second-order valence-electron chi connectivity index (χ2n) is 3.98. The van der Waals surface area contributed by atoms with E-state index in [-0.39, 0.29) is 10.9 Å². The van der Waals surface area contributed by atoms with E-state index in [0.29, 0.717) is 6.54 Å². The molecule has 6 heteroatoms. The Morgan fingerprint density at radius 2 is 2.25 bits per heavy atom. The van der Waals surface area contributed by atoms with E-state index in [2.05, 4.69) is 4.98 Å². The standard InChI is InChI=1S/C10H14N2O3S/c1-8-3-2-6-12(8)16(14,15)10-7-11-5-4-9(10)13/h4-5,7-8H,2-3,6H2,1H3,(H,11,13). The third-order valence-electron chi connectivity index (χ3n) is 2.87. The summed E-state index contributed by atoms with van der Waals surface area (Å²) < 4.78 is 25.7. The molecule has 1 atom stereocenters. The van der Waals surface area contributed by atoms with Crippen molar-refractivity contribution in [2.45, 2.75) is 30.7 Å². The van der Waals surface area contributed by atoms with E-state index in [9.17, 15) is 13.2 Å². The molecule has 5 nitrogen and oxygen atoms in total. The van der Waals surface area contributed by atoms with E-state index in [1.165, 1.54) is 22.8 Å². The van der Waals surface area contributed by atoms with Crippen molar-refractivity contribution in [1.82, 2.24) is 9.29 Å². The third kappa shape index (κ3) is 1.78. The highest BCUT2D eigenvalue weighted by Crippen LogP contribution is 2.23. The Hall–Kier alpha value is -1.14. The molecule has 2 rings (SSSR count). The highest BCUT2D eigenvalue weighted by atomic mass is 32.2. The highest BCUT2D eigenvalue weighted by Gasteiger charge is 2.33. The lowest BCUT2D eigenvalue weighted by Crippen LogP contribution is -2.36. The first kappa shape index (κ1) is 11.3. The minimum atomic E-state index is -3.63. The molecule has 0 saturated carbocycles. The molecular weight excluding hydrogens is 228 g/mol. The molecule has 1 aromatic heterocycles. The Morgan fingerprint density at radius 3 is 2.81 bits per heavy atom. The largest absolute Gasteiger partial charge is 0.366 e. The number of sulfonamides is 1. The second-order valence-corrected chi connectivity index (χ2v) is 5.84. The zero-order chi connectivity index (χ0) is 11.8. The number of nitrogens with one attached hydrogen (secondary N) is 1. The maximum Gasteiger partial charge on any atom is 0.248 e. The van der Waals surface area contributed by atoms with Crippen molar-refractivity contribution >= 4 is 10.0 Å². The van der Waals surface area contributed by atoms with Crippen LogP contribution in [-0.2, 0) is 10.0 Å². The summed E-state index contributed by atoms with van der Waals surface area (Å²) in [4.78, 5) is 14.0. The van der Waals surface area contributed by atoms with Crippen LogP contribution in [0.5, 0.6) is 0 Å². The molecule has 0 spiro atoms. The minimum Gasteiger partial charge on any atom is -0.366 e. The Balaban J connectivity index is 2.47. The fraction of sp³-hybridized carbons (Fsp3) is 0.500. The Kier molecular flexibility index (Phi) is 2.86.